The molecular formula is C28H27F8NO6S. The molecule has 242 valence electrons. The van der Waals surface area contributed by atoms with Gasteiger partial charge in [-0.3, -0.25) is 9.59 Å². The van der Waals surface area contributed by atoms with Crippen LogP contribution in [0.1, 0.15) is 43.2 Å². The molecule has 2 aromatic rings. The number of sulfone groups is 1. The second-order valence-corrected chi connectivity index (χ2v) is 13.2. The standard InChI is InChI=1S/C28H27F8NO6S/c1-43-24(12-10-17(11-13-24)22(38)39)23(40)37-15-14-25(16-37,44(41,42)21-8-6-20(29)7-9-21)18-2-4-19(5-3-18)26(30,27(31,32)33)28(34,35)36/h2-9,17H,10-16H2,1H3,(H,38,39)/t17?,24?,25-/m0/s1. The molecule has 7 nitrogen and oxygen atoms in total. The highest BCUT2D eigenvalue weighted by Gasteiger charge is 2.73. The van der Waals surface area contributed by atoms with E-state index in [4.69, 9.17) is 4.74 Å². The van der Waals surface area contributed by atoms with E-state index in [0.29, 0.717) is 12.1 Å². The number of carboxylic acid groups (broad SMARTS) is 1. The Morgan fingerprint density at radius 2 is 1.41 bits per heavy atom. The molecule has 0 spiro atoms. The molecule has 2 aromatic carbocycles. The van der Waals surface area contributed by atoms with Crippen molar-refractivity contribution in [3.63, 3.8) is 0 Å². The van der Waals surface area contributed by atoms with Gasteiger partial charge in [0.05, 0.1) is 10.8 Å². The van der Waals surface area contributed by atoms with E-state index in [-0.39, 0.29) is 56.3 Å². The molecule has 1 aliphatic heterocycles. The van der Waals surface area contributed by atoms with Gasteiger partial charge in [0.15, 0.2) is 9.84 Å². The van der Waals surface area contributed by atoms with Crippen LogP contribution in [-0.2, 0) is 34.6 Å². The molecule has 0 unspecified atom stereocenters. The lowest BCUT2D eigenvalue weighted by molar-refractivity contribution is -0.348. The zero-order valence-electron chi connectivity index (χ0n) is 23.0. The molecule has 1 atom stereocenters. The van der Waals surface area contributed by atoms with E-state index in [0.717, 1.165) is 29.2 Å². The number of carboxylic acids is 1. The third kappa shape index (κ3) is 5.33. The second-order valence-electron chi connectivity index (χ2n) is 11.0. The molecule has 4 rings (SSSR count). The number of likely N-dealkylation sites (tertiary alicyclic amines) is 1. The third-order valence-electron chi connectivity index (χ3n) is 8.67. The fourth-order valence-corrected chi connectivity index (χ4v) is 8.10. The summed E-state index contributed by atoms with van der Waals surface area (Å²) in [4.78, 5) is 25.9. The molecule has 2 aliphatic rings. The number of halogens is 8. The summed E-state index contributed by atoms with van der Waals surface area (Å²) in [6.07, 6.45) is -13.0. The van der Waals surface area contributed by atoms with E-state index in [1.807, 2.05) is 0 Å². The highest BCUT2D eigenvalue weighted by atomic mass is 32.2. The number of nitrogens with zero attached hydrogens (tertiary/aromatic N) is 1. The molecule has 1 saturated heterocycles. The van der Waals surface area contributed by atoms with Crippen LogP contribution >= 0.6 is 0 Å². The molecule has 1 N–H and O–H groups in total. The zero-order chi connectivity index (χ0) is 32.9. The zero-order valence-corrected chi connectivity index (χ0v) is 23.8. The molecule has 44 heavy (non-hydrogen) atoms. The first-order valence-electron chi connectivity index (χ1n) is 13.3. The summed E-state index contributed by atoms with van der Waals surface area (Å²) in [5.41, 5.74) is -9.40. The number of benzene rings is 2. The van der Waals surface area contributed by atoms with Crippen LogP contribution in [-0.4, -0.2) is 68.5 Å². The molecule has 0 radical (unpaired) electrons. The molecule has 2 fully saturated rings. The largest absolute Gasteiger partial charge is 0.481 e. The summed E-state index contributed by atoms with van der Waals surface area (Å²) < 4.78 is 140. The predicted octanol–water partition coefficient (Wildman–Crippen LogP) is 5.68. The first kappa shape index (κ1) is 33.6. The minimum absolute atomic E-state index is 0.00429. The lowest BCUT2D eigenvalue weighted by Crippen LogP contribution is -2.53. The van der Waals surface area contributed by atoms with Gasteiger partial charge < -0.3 is 14.7 Å². The van der Waals surface area contributed by atoms with Gasteiger partial charge in [0, 0.05) is 25.8 Å². The number of aliphatic carboxylic acids is 1. The number of amides is 1. The van der Waals surface area contributed by atoms with E-state index < -0.39 is 78.8 Å². The maximum atomic E-state index is 14.7. The van der Waals surface area contributed by atoms with Crippen molar-refractivity contribution in [1.29, 1.82) is 0 Å². The summed E-state index contributed by atoms with van der Waals surface area (Å²) in [7, 11) is -3.40. The highest BCUT2D eigenvalue weighted by molar-refractivity contribution is 7.92. The second kappa shape index (κ2) is 11.3. The fraction of sp³-hybridized carbons (Fsp3) is 0.500. The Morgan fingerprint density at radius 1 is 0.886 bits per heavy atom. The summed E-state index contributed by atoms with van der Waals surface area (Å²) in [6, 6.07) is 5.21. The number of ether oxygens (including phenoxy) is 1. The van der Waals surface area contributed by atoms with Crippen molar-refractivity contribution in [2.75, 3.05) is 20.2 Å². The van der Waals surface area contributed by atoms with E-state index in [1.54, 1.807) is 0 Å². The van der Waals surface area contributed by atoms with Gasteiger partial charge in [-0.05, 0) is 61.9 Å². The summed E-state index contributed by atoms with van der Waals surface area (Å²) in [5, 5.41) is 9.33. The average molecular weight is 658 g/mol. The topological polar surface area (TPSA) is 101 Å². The average Bonchev–Trinajstić information content (AvgIpc) is 3.43. The van der Waals surface area contributed by atoms with Crippen LogP contribution in [0, 0.1) is 11.7 Å². The van der Waals surface area contributed by atoms with Gasteiger partial charge in [-0.25, -0.2) is 17.2 Å². The monoisotopic (exact) mass is 657 g/mol. The normalized spacial score (nSPS) is 25.2. The number of alkyl halides is 7. The molecule has 0 bridgehead atoms. The van der Waals surface area contributed by atoms with Gasteiger partial charge in [0.2, 0.25) is 0 Å². The maximum absolute atomic E-state index is 14.7. The number of methoxy groups -OCH3 is 1. The van der Waals surface area contributed by atoms with Crippen molar-refractivity contribution in [3.8, 4) is 0 Å². The molecule has 1 amide bonds. The summed E-state index contributed by atoms with van der Waals surface area (Å²) in [5.74, 6) is -3.24. The van der Waals surface area contributed by atoms with Crippen LogP contribution in [0.25, 0.3) is 0 Å². The number of hydrogen-bond donors (Lipinski definition) is 1. The lowest BCUT2D eigenvalue weighted by atomic mass is 9.78. The van der Waals surface area contributed by atoms with Crippen LogP contribution in [0.4, 0.5) is 35.1 Å². The SMILES string of the molecule is COC1(C(=O)N2CC[C@](c3ccc(C(F)(C(F)(F)F)C(F)(F)F)cc3)(S(=O)(=O)c3ccc(F)cc3)C2)CCC(C(=O)O)CC1. The minimum atomic E-state index is -6.39. The number of carbonyl (C=O) groups is 2. The Labute approximate surface area is 246 Å². The highest BCUT2D eigenvalue weighted by Crippen LogP contribution is 2.54. The van der Waals surface area contributed by atoms with Gasteiger partial charge in [-0.2, -0.15) is 26.3 Å². The Bertz CT molecular complexity index is 1490. The van der Waals surface area contributed by atoms with Crippen molar-refractivity contribution in [1.82, 2.24) is 4.90 Å². The van der Waals surface area contributed by atoms with Crippen LogP contribution in [0.2, 0.25) is 0 Å². The van der Waals surface area contributed by atoms with Crippen molar-refractivity contribution in [2.24, 2.45) is 5.92 Å². The van der Waals surface area contributed by atoms with E-state index in [9.17, 15) is 58.2 Å². The van der Waals surface area contributed by atoms with Crippen molar-refractivity contribution in [3.05, 3.63) is 65.5 Å². The molecule has 0 aromatic heterocycles. The molecular weight excluding hydrogens is 630 g/mol. The van der Waals surface area contributed by atoms with Crippen molar-refractivity contribution in [2.45, 2.75) is 65.4 Å². The Hall–Kier alpha value is -3.27. The number of hydrogen-bond acceptors (Lipinski definition) is 5. The van der Waals surface area contributed by atoms with Gasteiger partial charge in [0.1, 0.15) is 16.2 Å². The smallest absolute Gasteiger partial charge is 0.435 e. The van der Waals surface area contributed by atoms with Crippen molar-refractivity contribution >= 4 is 21.7 Å². The lowest BCUT2D eigenvalue weighted by Gasteiger charge is -2.39. The predicted molar refractivity (Wildman–Crippen MR) is 137 cm³/mol. The van der Waals surface area contributed by atoms with Crippen LogP contribution in [0.5, 0.6) is 0 Å². The summed E-state index contributed by atoms with van der Waals surface area (Å²) in [6.45, 7) is -0.871. The van der Waals surface area contributed by atoms with Gasteiger partial charge in [-0.1, -0.05) is 24.3 Å². The molecule has 1 heterocycles. The quantitative estimate of drug-likeness (QED) is 0.304. The van der Waals surface area contributed by atoms with Gasteiger partial charge >= 0.3 is 24.0 Å². The van der Waals surface area contributed by atoms with Gasteiger partial charge in [-0.15, -0.1) is 0 Å². The van der Waals surface area contributed by atoms with E-state index in [1.165, 1.54) is 7.11 Å². The van der Waals surface area contributed by atoms with Gasteiger partial charge in [0.25, 0.3) is 5.91 Å². The number of rotatable bonds is 7. The van der Waals surface area contributed by atoms with Crippen LogP contribution in [0.3, 0.4) is 0 Å². The Kier molecular flexibility index (Phi) is 8.61. The Morgan fingerprint density at radius 3 is 1.86 bits per heavy atom. The van der Waals surface area contributed by atoms with Crippen LogP contribution < -0.4 is 0 Å². The molecule has 1 aliphatic carbocycles. The molecule has 16 heteroatoms. The fourth-order valence-electron chi connectivity index (χ4n) is 6.02. The first-order valence-corrected chi connectivity index (χ1v) is 14.7. The van der Waals surface area contributed by atoms with Crippen molar-refractivity contribution < 1.29 is 63.0 Å². The third-order valence-corrected chi connectivity index (χ3v) is 11.2. The van der Waals surface area contributed by atoms with E-state index >= 15 is 0 Å². The minimum Gasteiger partial charge on any atom is -0.481 e. The summed E-state index contributed by atoms with van der Waals surface area (Å²) >= 11 is 0. The van der Waals surface area contributed by atoms with E-state index in [2.05, 4.69) is 0 Å². The maximum Gasteiger partial charge on any atom is 0.435 e. The first-order chi connectivity index (χ1) is 20.3. The Balaban J connectivity index is 1.79. The van der Waals surface area contributed by atoms with Crippen LogP contribution in [0.15, 0.2) is 53.4 Å². The molecule has 1 saturated carbocycles. The number of carbonyl (C=O) groups excluding carboxylic acids is 1.